The Hall–Kier alpha value is -0.740. The van der Waals surface area contributed by atoms with Gasteiger partial charge in [0.1, 0.15) is 12.4 Å². The second-order valence-corrected chi connectivity index (χ2v) is 6.13. The molecule has 20 heavy (non-hydrogen) atoms. The molecule has 106 valence electrons. The number of ether oxygens (including phenoxy) is 1. The Bertz CT molecular complexity index is 615. The average molecular weight is 376 g/mol. The summed E-state index contributed by atoms with van der Waals surface area (Å²) in [6, 6.07) is 10.9. The molecule has 1 N–H and O–H groups in total. The molecule has 2 nitrogen and oxygen atoms in total. The molecule has 0 radical (unpaired) electrons. The second kappa shape index (κ2) is 6.81. The highest BCUT2D eigenvalue weighted by atomic mass is 79.9. The van der Waals surface area contributed by atoms with Gasteiger partial charge in [-0.1, -0.05) is 45.2 Å². The van der Waals surface area contributed by atoms with Crippen molar-refractivity contribution in [3.05, 3.63) is 62.0 Å². The molecule has 1 atom stereocenters. The van der Waals surface area contributed by atoms with Crippen LogP contribution in [0.25, 0.3) is 0 Å². The van der Waals surface area contributed by atoms with E-state index in [0.717, 1.165) is 15.6 Å². The molecule has 0 saturated heterocycles. The molecule has 0 fully saturated rings. The van der Waals surface area contributed by atoms with Crippen molar-refractivity contribution >= 4 is 39.1 Å². The van der Waals surface area contributed by atoms with Crippen molar-refractivity contribution in [1.82, 2.24) is 0 Å². The predicted octanol–water partition coefficient (Wildman–Crippen LogP) is 5.39. The largest absolute Gasteiger partial charge is 0.489 e. The fraction of sp³-hybridized carbons (Fsp3) is 0.200. The van der Waals surface area contributed by atoms with Crippen molar-refractivity contribution in [2.75, 3.05) is 0 Å². The number of hydrogen-bond acceptors (Lipinski definition) is 2. The number of aliphatic hydroxyl groups excluding tert-OH is 1. The van der Waals surface area contributed by atoms with E-state index < -0.39 is 6.10 Å². The highest BCUT2D eigenvalue weighted by Gasteiger charge is 2.10. The van der Waals surface area contributed by atoms with Crippen molar-refractivity contribution in [2.45, 2.75) is 19.6 Å². The van der Waals surface area contributed by atoms with Crippen LogP contribution in [0.3, 0.4) is 0 Å². The lowest BCUT2D eigenvalue weighted by molar-refractivity contribution is 0.190. The summed E-state index contributed by atoms with van der Waals surface area (Å²) in [5.74, 6) is 0.647. The van der Waals surface area contributed by atoms with Crippen LogP contribution in [0.4, 0.5) is 0 Å². The minimum Gasteiger partial charge on any atom is -0.489 e. The first-order chi connectivity index (χ1) is 9.47. The quantitative estimate of drug-likeness (QED) is 0.776. The van der Waals surface area contributed by atoms with Crippen molar-refractivity contribution in [3.8, 4) is 5.75 Å². The third-order valence-electron chi connectivity index (χ3n) is 2.80. The molecule has 0 heterocycles. The summed E-state index contributed by atoms with van der Waals surface area (Å²) in [6.45, 7) is 2.06. The highest BCUT2D eigenvalue weighted by molar-refractivity contribution is 9.10. The molecule has 0 aliphatic heterocycles. The Labute approximate surface area is 136 Å². The predicted molar refractivity (Wildman–Crippen MR) is 85.6 cm³/mol. The van der Waals surface area contributed by atoms with Gasteiger partial charge in [0.2, 0.25) is 0 Å². The molecule has 0 bridgehead atoms. The van der Waals surface area contributed by atoms with Crippen LogP contribution in [-0.2, 0) is 6.61 Å². The van der Waals surface area contributed by atoms with Crippen LogP contribution in [0, 0.1) is 0 Å². The molecule has 0 amide bonds. The van der Waals surface area contributed by atoms with E-state index in [0.29, 0.717) is 22.4 Å². The third-order valence-corrected chi connectivity index (χ3v) is 4.03. The minimum atomic E-state index is -0.601. The lowest BCUT2D eigenvalue weighted by Crippen LogP contribution is -2.01. The molecule has 0 aliphatic carbocycles. The minimum absolute atomic E-state index is 0.359. The molecule has 5 heteroatoms. The lowest BCUT2D eigenvalue weighted by atomic mass is 10.1. The van der Waals surface area contributed by atoms with Crippen LogP contribution in [0.1, 0.15) is 24.2 Å². The van der Waals surface area contributed by atoms with Crippen LogP contribution >= 0.6 is 39.1 Å². The molecule has 0 aliphatic rings. The van der Waals surface area contributed by atoms with Gasteiger partial charge >= 0.3 is 0 Å². The molecule has 2 rings (SSSR count). The Morgan fingerprint density at radius 3 is 2.55 bits per heavy atom. The van der Waals surface area contributed by atoms with E-state index in [1.54, 1.807) is 19.1 Å². The first-order valence-corrected chi connectivity index (χ1v) is 7.56. The van der Waals surface area contributed by atoms with Crippen molar-refractivity contribution < 1.29 is 9.84 Å². The van der Waals surface area contributed by atoms with E-state index >= 15 is 0 Å². The van der Waals surface area contributed by atoms with Gasteiger partial charge in [0, 0.05) is 10.0 Å². The molecule has 0 saturated carbocycles. The van der Waals surface area contributed by atoms with Gasteiger partial charge in [-0.25, -0.2) is 0 Å². The van der Waals surface area contributed by atoms with Crippen LogP contribution in [0.2, 0.25) is 10.0 Å². The summed E-state index contributed by atoms with van der Waals surface area (Å²) in [5.41, 5.74) is 1.65. The van der Waals surface area contributed by atoms with Gasteiger partial charge in [0.25, 0.3) is 0 Å². The zero-order valence-corrected chi connectivity index (χ0v) is 13.8. The summed E-state index contributed by atoms with van der Waals surface area (Å²) in [6.07, 6.45) is -0.601. The van der Waals surface area contributed by atoms with E-state index in [-0.39, 0.29) is 0 Å². The van der Waals surface area contributed by atoms with Gasteiger partial charge in [-0.05, 0) is 42.8 Å². The molecule has 0 unspecified atom stereocenters. The van der Waals surface area contributed by atoms with Gasteiger partial charge in [-0.3, -0.25) is 0 Å². The van der Waals surface area contributed by atoms with E-state index in [4.69, 9.17) is 27.9 Å². The summed E-state index contributed by atoms with van der Waals surface area (Å²) < 4.78 is 6.65. The fourth-order valence-corrected chi connectivity index (χ4v) is 2.47. The van der Waals surface area contributed by atoms with Gasteiger partial charge in [0.15, 0.2) is 0 Å². The van der Waals surface area contributed by atoms with E-state index in [1.165, 1.54) is 0 Å². The second-order valence-electron chi connectivity index (χ2n) is 4.40. The maximum absolute atomic E-state index is 9.77. The zero-order valence-electron chi connectivity index (χ0n) is 10.7. The zero-order chi connectivity index (χ0) is 14.7. The number of hydrogen-bond donors (Lipinski definition) is 1. The summed E-state index contributed by atoms with van der Waals surface area (Å²) >= 11 is 15.2. The SMILES string of the molecule is C[C@H](O)c1cc(Br)ccc1OCc1ccc(Cl)c(Cl)c1. The Balaban J connectivity index is 2.16. The van der Waals surface area contributed by atoms with Crippen molar-refractivity contribution in [3.63, 3.8) is 0 Å². The van der Waals surface area contributed by atoms with E-state index in [2.05, 4.69) is 15.9 Å². The first-order valence-electron chi connectivity index (χ1n) is 6.01. The number of aliphatic hydroxyl groups is 1. The van der Waals surface area contributed by atoms with Crippen LogP contribution in [-0.4, -0.2) is 5.11 Å². The van der Waals surface area contributed by atoms with Gasteiger partial charge in [0.05, 0.1) is 16.1 Å². The summed E-state index contributed by atoms with van der Waals surface area (Å²) in [4.78, 5) is 0. The van der Waals surface area contributed by atoms with Gasteiger partial charge < -0.3 is 9.84 Å². The van der Waals surface area contributed by atoms with Crippen LogP contribution in [0.5, 0.6) is 5.75 Å². The standard InChI is InChI=1S/C15H13BrCl2O2/c1-9(19)12-7-11(16)3-5-15(12)20-8-10-2-4-13(17)14(18)6-10/h2-7,9,19H,8H2,1H3/t9-/m0/s1. The van der Waals surface area contributed by atoms with Crippen molar-refractivity contribution in [2.24, 2.45) is 0 Å². The van der Waals surface area contributed by atoms with Crippen LogP contribution < -0.4 is 4.74 Å². The monoisotopic (exact) mass is 374 g/mol. The topological polar surface area (TPSA) is 29.5 Å². The Morgan fingerprint density at radius 2 is 1.90 bits per heavy atom. The lowest BCUT2D eigenvalue weighted by Gasteiger charge is -2.14. The number of benzene rings is 2. The number of rotatable bonds is 4. The molecule has 0 aromatic heterocycles. The average Bonchev–Trinajstić information content (AvgIpc) is 2.41. The molecule has 2 aromatic carbocycles. The third kappa shape index (κ3) is 3.89. The highest BCUT2D eigenvalue weighted by Crippen LogP contribution is 2.29. The summed E-state index contributed by atoms with van der Waals surface area (Å²) in [5, 5.41) is 10.8. The molecule has 0 spiro atoms. The Kier molecular flexibility index (Phi) is 5.33. The molecule has 2 aromatic rings. The molecular weight excluding hydrogens is 363 g/mol. The Morgan fingerprint density at radius 1 is 1.15 bits per heavy atom. The smallest absolute Gasteiger partial charge is 0.125 e. The van der Waals surface area contributed by atoms with Gasteiger partial charge in [-0.15, -0.1) is 0 Å². The van der Waals surface area contributed by atoms with E-state index in [9.17, 15) is 5.11 Å². The normalized spacial score (nSPS) is 12.2. The maximum Gasteiger partial charge on any atom is 0.125 e. The first kappa shape index (κ1) is 15.6. The van der Waals surface area contributed by atoms with Gasteiger partial charge in [-0.2, -0.15) is 0 Å². The fourth-order valence-electron chi connectivity index (χ4n) is 1.77. The van der Waals surface area contributed by atoms with Crippen molar-refractivity contribution in [1.29, 1.82) is 0 Å². The molecular formula is C15H13BrCl2O2. The number of halogens is 3. The maximum atomic E-state index is 9.77. The summed E-state index contributed by atoms with van der Waals surface area (Å²) in [7, 11) is 0. The van der Waals surface area contributed by atoms with Crippen LogP contribution in [0.15, 0.2) is 40.9 Å². The van der Waals surface area contributed by atoms with E-state index in [1.807, 2.05) is 24.3 Å².